The third-order valence-corrected chi connectivity index (χ3v) is 4.62. The van der Waals surface area contributed by atoms with Crippen LogP contribution in [0.2, 0.25) is 0 Å². The zero-order chi connectivity index (χ0) is 21.5. The Balaban J connectivity index is 1.71. The van der Waals surface area contributed by atoms with Crippen molar-refractivity contribution in [3.8, 4) is 28.9 Å². The summed E-state index contributed by atoms with van der Waals surface area (Å²) < 4.78 is 16.1. The Labute approximate surface area is 174 Å². The van der Waals surface area contributed by atoms with Gasteiger partial charge in [-0.25, -0.2) is 0 Å². The summed E-state index contributed by atoms with van der Waals surface area (Å²) in [6.45, 7) is -0.233. The van der Waals surface area contributed by atoms with Crippen LogP contribution in [0.25, 0.3) is 11.3 Å². The Morgan fingerprint density at radius 1 is 1.17 bits per heavy atom. The van der Waals surface area contributed by atoms with E-state index in [-0.39, 0.29) is 12.5 Å². The summed E-state index contributed by atoms with van der Waals surface area (Å²) in [5.74, 6) is 1.29. The van der Waals surface area contributed by atoms with E-state index in [1.807, 2.05) is 6.07 Å². The smallest absolute Gasteiger partial charge is 0.254 e. The Morgan fingerprint density at radius 2 is 1.97 bits per heavy atom. The van der Waals surface area contributed by atoms with Crippen LogP contribution in [0.5, 0.6) is 11.5 Å². The van der Waals surface area contributed by atoms with E-state index in [0.717, 1.165) is 11.1 Å². The highest BCUT2D eigenvalue weighted by molar-refractivity contribution is 5.95. The fraction of sp³-hybridized carbons (Fsp3) is 0.217. The third-order valence-electron chi connectivity index (χ3n) is 4.62. The fourth-order valence-corrected chi connectivity index (χ4v) is 3.08. The average molecular weight is 406 g/mol. The van der Waals surface area contributed by atoms with Crippen molar-refractivity contribution in [2.75, 3.05) is 20.8 Å². The molecule has 0 aliphatic carbocycles. The van der Waals surface area contributed by atoms with E-state index < -0.39 is 6.04 Å². The number of aliphatic hydroxyl groups is 1. The van der Waals surface area contributed by atoms with Gasteiger partial charge in [0.05, 0.1) is 44.1 Å². The van der Waals surface area contributed by atoms with Crippen molar-refractivity contribution in [1.82, 2.24) is 5.32 Å². The molecule has 0 fully saturated rings. The van der Waals surface area contributed by atoms with Gasteiger partial charge in [-0.3, -0.25) is 4.79 Å². The number of amides is 1. The van der Waals surface area contributed by atoms with Crippen molar-refractivity contribution in [3.63, 3.8) is 0 Å². The van der Waals surface area contributed by atoms with E-state index in [2.05, 4.69) is 11.4 Å². The second-order valence-electron chi connectivity index (χ2n) is 6.64. The van der Waals surface area contributed by atoms with Crippen molar-refractivity contribution in [2.45, 2.75) is 12.5 Å². The van der Waals surface area contributed by atoms with Gasteiger partial charge >= 0.3 is 0 Å². The fourth-order valence-electron chi connectivity index (χ4n) is 3.08. The van der Waals surface area contributed by atoms with Gasteiger partial charge in [0.15, 0.2) is 11.5 Å². The molecule has 3 aromatic rings. The molecule has 154 valence electrons. The molecule has 30 heavy (non-hydrogen) atoms. The lowest BCUT2D eigenvalue weighted by atomic mass is 10.0. The predicted molar refractivity (Wildman–Crippen MR) is 110 cm³/mol. The monoisotopic (exact) mass is 406 g/mol. The van der Waals surface area contributed by atoms with E-state index in [1.165, 1.54) is 6.26 Å². The zero-order valence-corrected chi connectivity index (χ0v) is 16.7. The van der Waals surface area contributed by atoms with E-state index in [1.54, 1.807) is 56.7 Å². The molecule has 2 N–H and O–H groups in total. The molecule has 0 radical (unpaired) electrons. The van der Waals surface area contributed by atoms with Crippen LogP contribution >= 0.6 is 0 Å². The molecule has 7 heteroatoms. The zero-order valence-electron chi connectivity index (χ0n) is 16.7. The lowest BCUT2D eigenvalue weighted by molar-refractivity contribution is 0.0916. The minimum absolute atomic E-state index is 0.233. The SMILES string of the molecule is COc1ccc(-c2cc(C(=O)NC(CO)Cc3cccc(C#N)c3)co2)cc1OC. The molecule has 1 amide bonds. The van der Waals surface area contributed by atoms with Crippen LogP contribution in [0.1, 0.15) is 21.5 Å². The minimum Gasteiger partial charge on any atom is -0.493 e. The largest absolute Gasteiger partial charge is 0.493 e. The predicted octanol–water partition coefficient (Wildman–Crippen LogP) is 3.17. The number of aliphatic hydroxyl groups excluding tert-OH is 1. The molecule has 0 aliphatic rings. The summed E-state index contributed by atoms with van der Waals surface area (Å²) in [5.41, 5.74) is 2.46. The molecule has 0 spiro atoms. The Hall–Kier alpha value is -3.76. The van der Waals surface area contributed by atoms with Gasteiger partial charge in [-0.15, -0.1) is 0 Å². The maximum Gasteiger partial charge on any atom is 0.254 e. The minimum atomic E-state index is -0.495. The number of furan rings is 1. The lowest BCUT2D eigenvalue weighted by Gasteiger charge is -2.16. The van der Waals surface area contributed by atoms with Gasteiger partial charge in [-0.05, 0) is 48.4 Å². The highest BCUT2D eigenvalue weighted by Crippen LogP contribution is 2.33. The average Bonchev–Trinajstić information content (AvgIpc) is 3.28. The molecule has 1 aromatic heterocycles. The molecule has 0 saturated carbocycles. The topological polar surface area (TPSA) is 105 Å². The van der Waals surface area contributed by atoms with Gasteiger partial charge in [0.2, 0.25) is 0 Å². The summed E-state index contributed by atoms with van der Waals surface area (Å²) in [5, 5.41) is 21.5. The van der Waals surface area contributed by atoms with E-state index >= 15 is 0 Å². The number of nitrogens with zero attached hydrogens (tertiary/aromatic N) is 1. The van der Waals surface area contributed by atoms with Crippen LogP contribution in [-0.2, 0) is 6.42 Å². The first-order valence-electron chi connectivity index (χ1n) is 9.29. The van der Waals surface area contributed by atoms with Crippen molar-refractivity contribution < 1.29 is 23.8 Å². The van der Waals surface area contributed by atoms with E-state index in [0.29, 0.717) is 34.8 Å². The van der Waals surface area contributed by atoms with E-state index in [4.69, 9.17) is 19.2 Å². The molecule has 7 nitrogen and oxygen atoms in total. The molecule has 1 atom stereocenters. The van der Waals surface area contributed by atoms with Gasteiger partial charge in [0.25, 0.3) is 5.91 Å². The highest BCUT2D eigenvalue weighted by atomic mass is 16.5. The first-order chi connectivity index (χ1) is 14.6. The highest BCUT2D eigenvalue weighted by Gasteiger charge is 2.17. The van der Waals surface area contributed by atoms with Crippen molar-refractivity contribution in [2.24, 2.45) is 0 Å². The number of carbonyl (C=O) groups excluding carboxylic acids is 1. The first-order valence-corrected chi connectivity index (χ1v) is 9.29. The number of rotatable bonds is 8. The summed E-state index contributed by atoms with van der Waals surface area (Å²) in [6.07, 6.45) is 1.77. The van der Waals surface area contributed by atoms with Crippen molar-refractivity contribution in [3.05, 3.63) is 71.5 Å². The molecular weight excluding hydrogens is 384 g/mol. The van der Waals surface area contributed by atoms with Crippen LogP contribution in [0.3, 0.4) is 0 Å². The second kappa shape index (κ2) is 9.63. The Kier molecular flexibility index (Phi) is 6.73. The third kappa shape index (κ3) is 4.80. The maximum atomic E-state index is 12.6. The number of carbonyl (C=O) groups is 1. The standard InChI is InChI=1S/C23H22N2O5/c1-28-20-7-6-17(10-22(20)29-2)21-11-18(14-30-21)23(27)25-19(13-26)9-15-4-3-5-16(8-15)12-24/h3-8,10-11,14,19,26H,9,13H2,1-2H3,(H,25,27). The number of methoxy groups -OCH3 is 2. The summed E-state index contributed by atoms with van der Waals surface area (Å²) >= 11 is 0. The second-order valence-corrected chi connectivity index (χ2v) is 6.64. The number of hydrogen-bond donors (Lipinski definition) is 2. The molecule has 2 aromatic carbocycles. The van der Waals surface area contributed by atoms with Crippen molar-refractivity contribution in [1.29, 1.82) is 5.26 Å². The molecule has 1 heterocycles. The van der Waals surface area contributed by atoms with Crippen LogP contribution in [-0.4, -0.2) is 37.9 Å². The van der Waals surface area contributed by atoms with Crippen LogP contribution in [0, 0.1) is 11.3 Å². The number of ether oxygens (including phenoxy) is 2. The summed E-state index contributed by atoms with van der Waals surface area (Å²) in [7, 11) is 3.10. The quantitative estimate of drug-likeness (QED) is 0.595. The number of nitrogens with one attached hydrogen (secondary N) is 1. The van der Waals surface area contributed by atoms with Gasteiger partial charge in [-0.1, -0.05) is 12.1 Å². The Bertz CT molecular complexity index is 1070. The molecular formula is C23H22N2O5. The van der Waals surface area contributed by atoms with Crippen LogP contribution < -0.4 is 14.8 Å². The van der Waals surface area contributed by atoms with Crippen molar-refractivity contribution >= 4 is 5.91 Å². The normalized spacial score (nSPS) is 11.4. The molecule has 0 saturated heterocycles. The van der Waals surface area contributed by atoms with E-state index in [9.17, 15) is 9.90 Å². The Morgan fingerprint density at radius 3 is 2.67 bits per heavy atom. The molecule has 3 rings (SSSR count). The van der Waals surface area contributed by atoms with Gasteiger partial charge in [0.1, 0.15) is 12.0 Å². The number of benzene rings is 2. The van der Waals surface area contributed by atoms with Gasteiger partial charge in [-0.2, -0.15) is 5.26 Å². The molecule has 0 aliphatic heterocycles. The van der Waals surface area contributed by atoms with Crippen LogP contribution in [0.15, 0.2) is 59.2 Å². The maximum absolute atomic E-state index is 12.6. The van der Waals surface area contributed by atoms with Crippen LogP contribution in [0.4, 0.5) is 0 Å². The van der Waals surface area contributed by atoms with Gasteiger partial charge in [0, 0.05) is 5.56 Å². The number of hydrogen-bond acceptors (Lipinski definition) is 6. The van der Waals surface area contributed by atoms with Gasteiger partial charge < -0.3 is 24.3 Å². The molecule has 0 bridgehead atoms. The number of nitriles is 1. The molecule has 1 unspecified atom stereocenters. The lowest BCUT2D eigenvalue weighted by Crippen LogP contribution is -2.38. The summed E-state index contributed by atoms with van der Waals surface area (Å²) in [6, 6.07) is 15.6. The summed E-state index contributed by atoms with van der Waals surface area (Å²) in [4.78, 5) is 12.6. The first kappa shape index (κ1) is 21.0.